The quantitative estimate of drug-likeness (QED) is 0.677. The van der Waals surface area contributed by atoms with Gasteiger partial charge in [0.05, 0.1) is 36.7 Å². The molecule has 3 aromatic rings. The minimum absolute atomic E-state index is 0.699. The molecule has 5 heteroatoms. The van der Waals surface area contributed by atoms with Crippen molar-refractivity contribution in [3.05, 3.63) is 102 Å². The lowest BCUT2D eigenvalue weighted by Gasteiger charge is -2.21. The Labute approximate surface area is 154 Å². The van der Waals surface area contributed by atoms with Gasteiger partial charge in [-0.05, 0) is 43.3 Å². The van der Waals surface area contributed by atoms with E-state index in [1.54, 1.807) is 0 Å². The number of pyridine rings is 3. The molecule has 0 bridgehead atoms. The highest BCUT2D eigenvalue weighted by atomic mass is 15.1. The van der Waals surface area contributed by atoms with Gasteiger partial charge in [0.15, 0.2) is 0 Å². The monoisotopic (exact) mass is 345 g/mol. The fourth-order valence-corrected chi connectivity index (χ4v) is 2.60. The van der Waals surface area contributed by atoms with Crippen molar-refractivity contribution >= 4 is 0 Å². The van der Waals surface area contributed by atoms with Crippen molar-refractivity contribution in [3.8, 4) is 0 Å². The van der Waals surface area contributed by atoms with Gasteiger partial charge in [0.1, 0.15) is 0 Å². The zero-order valence-electron chi connectivity index (χ0n) is 14.9. The summed E-state index contributed by atoms with van der Waals surface area (Å²) in [5.41, 5.74) is 4.14. The van der Waals surface area contributed by atoms with Crippen LogP contribution in [0.3, 0.4) is 0 Å². The van der Waals surface area contributed by atoms with E-state index >= 15 is 0 Å². The van der Waals surface area contributed by atoms with Crippen molar-refractivity contribution in [2.45, 2.75) is 26.6 Å². The third kappa shape index (κ3) is 5.70. The normalized spacial score (nSPS) is 11.2. The Morgan fingerprint density at radius 2 is 1.31 bits per heavy atom. The molecule has 132 valence electrons. The third-order valence-electron chi connectivity index (χ3n) is 3.83. The summed E-state index contributed by atoms with van der Waals surface area (Å²) >= 11 is 0. The lowest BCUT2D eigenvalue weighted by molar-refractivity contribution is 0.347. The number of allylic oxidation sites excluding steroid dienone is 1. The van der Waals surface area contributed by atoms with Gasteiger partial charge in [0.2, 0.25) is 0 Å². The molecule has 0 aromatic carbocycles. The van der Waals surface area contributed by atoms with Crippen molar-refractivity contribution < 1.29 is 0 Å². The first-order valence-electron chi connectivity index (χ1n) is 8.65. The molecule has 5 nitrogen and oxygen atoms in total. The highest BCUT2D eigenvalue weighted by Crippen LogP contribution is 2.09. The number of rotatable bonds is 8. The molecular weight excluding hydrogens is 322 g/mol. The third-order valence-corrected chi connectivity index (χ3v) is 3.83. The maximum Gasteiger partial charge on any atom is 0.0601 e. The predicted molar refractivity (Wildman–Crippen MR) is 103 cm³/mol. The molecule has 26 heavy (non-hydrogen) atoms. The van der Waals surface area contributed by atoms with Crippen LogP contribution < -0.4 is 5.32 Å². The number of nitrogens with one attached hydrogen (secondary N) is 1. The topological polar surface area (TPSA) is 53.9 Å². The highest BCUT2D eigenvalue weighted by molar-refractivity contribution is 5.10. The first-order chi connectivity index (χ1) is 12.8. The molecule has 0 unspecified atom stereocenters. The van der Waals surface area contributed by atoms with E-state index in [9.17, 15) is 0 Å². The van der Waals surface area contributed by atoms with E-state index in [4.69, 9.17) is 0 Å². The Hall–Kier alpha value is -3.21. The molecule has 0 radical (unpaired) electrons. The average molecular weight is 345 g/mol. The Bertz CT molecular complexity index is 762. The predicted octanol–water partition coefficient (Wildman–Crippen LogP) is 3.52. The SMILES string of the molecule is CC(=CN(Cc1ccccn1)Cc1ccccn1)NCc1ccccn1. The summed E-state index contributed by atoms with van der Waals surface area (Å²) in [6.45, 7) is 4.21. The van der Waals surface area contributed by atoms with Crippen LogP contribution in [0, 0.1) is 0 Å². The number of hydrogen-bond donors (Lipinski definition) is 1. The summed E-state index contributed by atoms with van der Waals surface area (Å²) in [6, 6.07) is 17.9. The van der Waals surface area contributed by atoms with Gasteiger partial charge in [-0.1, -0.05) is 18.2 Å². The minimum atomic E-state index is 0.699. The van der Waals surface area contributed by atoms with Crippen LogP contribution in [0.25, 0.3) is 0 Å². The Morgan fingerprint density at radius 1 is 0.808 bits per heavy atom. The van der Waals surface area contributed by atoms with E-state index in [2.05, 4.69) is 38.3 Å². The van der Waals surface area contributed by atoms with Crippen molar-refractivity contribution in [1.82, 2.24) is 25.2 Å². The summed E-state index contributed by atoms with van der Waals surface area (Å²) < 4.78 is 0. The summed E-state index contributed by atoms with van der Waals surface area (Å²) in [5.74, 6) is 0. The summed E-state index contributed by atoms with van der Waals surface area (Å²) in [6.07, 6.45) is 7.57. The van der Waals surface area contributed by atoms with E-state index in [1.807, 2.05) is 73.2 Å². The molecular formula is C21H23N5. The zero-order valence-corrected chi connectivity index (χ0v) is 14.9. The number of nitrogens with zero attached hydrogens (tertiary/aromatic N) is 4. The fraction of sp³-hybridized carbons (Fsp3) is 0.190. The van der Waals surface area contributed by atoms with E-state index in [0.717, 1.165) is 35.9 Å². The molecule has 0 fully saturated rings. The summed E-state index contributed by atoms with van der Waals surface area (Å²) in [7, 11) is 0. The molecule has 0 saturated heterocycles. The minimum Gasteiger partial charge on any atom is -0.382 e. The van der Waals surface area contributed by atoms with E-state index in [1.165, 1.54) is 0 Å². The van der Waals surface area contributed by atoms with Crippen LogP contribution in [0.15, 0.2) is 85.1 Å². The van der Waals surface area contributed by atoms with Crippen molar-refractivity contribution in [2.75, 3.05) is 0 Å². The van der Waals surface area contributed by atoms with Crippen LogP contribution in [0.1, 0.15) is 24.0 Å². The maximum atomic E-state index is 4.44. The Morgan fingerprint density at radius 3 is 1.77 bits per heavy atom. The van der Waals surface area contributed by atoms with Crippen molar-refractivity contribution in [3.63, 3.8) is 0 Å². The molecule has 0 aliphatic carbocycles. The van der Waals surface area contributed by atoms with Crippen LogP contribution in [-0.4, -0.2) is 19.9 Å². The second-order valence-corrected chi connectivity index (χ2v) is 6.03. The van der Waals surface area contributed by atoms with Crippen LogP contribution >= 0.6 is 0 Å². The fourth-order valence-electron chi connectivity index (χ4n) is 2.60. The molecule has 0 spiro atoms. The van der Waals surface area contributed by atoms with Gasteiger partial charge in [-0.15, -0.1) is 0 Å². The maximum absolute atomic E-state index is 4.44. The lowest BCUT2D eigenvalue weighted by atomic mass is 10.3. The second kappa shape index (κ2) is 9.32. The Kier molecular flexibility index (Phi) is 6.31. The first-order valence-corrected chi connectivity index (χ1v) is 8.65. The van der Waals surface area contributed by atoms with E-state index in [0.29, 0.717) is 6.54 Å². The molecule has 3 rings (SSSR count). The van der Waals surface area contributed by atoms with Crippen LogP contribution in [-0.2, 0) is 19.6 Å². The Balaban J connectivity index is 1.69. The number of aromatic nitrogens is 3. The molecule has 0 amide bonds. The van der Waals surface area contributed by atoms with E-state index < -0.39 is 0 Å². The van der Waals surface area contributed by atoms with Gasteiger partial charge in [0, 0.05) is 30.5 Å². The molecule has 3 aromatic heterocycles. The summed E-state index contributed by atoms with van der Waals surface area (Å²) in [4.78, 5) is 15.4. The molecule has 3 heterocycles. The smallest absolute Gasteiger partial charge is 0.0601 e. The highest BCUT2D eigenvalue weighted by Gasteiger charge is 2.06. The van der Waals surface area contributed by atoms with Gasteiger partial charge >= 0.3 is 0 Å². The average Bonchev–Trinajstić information content (AvgIpc) is 2.69. The molecule has 0 atom stereocenters. The van der Waals surface area contributed by atoms with E-state index in [-0.39, 0.29) is 0 Å². The van der Waals surface area contributed by atoms with Crippen LogP contribution in [0.4, 0.5) is 0 Å². The second-order valence-electron chi connectivity index (χ2n) is 6.03. The largest absolute Gasteiger partial charge is 0.382 e. The molecule has 1 N–H and O–H groups in total. The van der Waals surface area contributed by atoms with Gasteiger partial charge in [-0.2, -0.15) is 0 Å². The first kappa shape index (κ1) is 17.6. The van der Waals surface area contributed by atoms with Gasteiger partial charge < -0.3 is 10.2 Å². The zero-order chi connectivity index (χ0) is 18.0. The van der Waals surface area contributed by atoms with Crippen LogP contribution in [0.5, 0.6) is 0 Å². The van der Waals surface area contributed by atoms with Gasteiger partial charge in [-0.25, -0.2) is 0 Å². The molecule has 0 aliphatic rings. The number of hydrogen-bond acceptors (Lipinski definition) is 5. The lowest BCUT2D eigenvalue weighted by Crippen LogP contribution is -2.21. The standard InChI is InChI=1S/C21H23N5/c1-18(25-14-19-8-2-5-11-22-19)15-26(16-20-9-3-6-12-23-20)17-21-10-4-7-13-24-21/h2-13,15,25H,14,16-17H2,1H3. The van der Waals surface area contributed by atoms with Crippen LogP contribution in [0.2, 0.25) is 0 Å². The van der Waals surface area contributed by atoms with Crippen molar-refractivity contribution in [1.29, 1.82) is 0 Å². The summed E-state index contributed by atoms with van der Waals surface area (Å²) in [5, 5.41) is 3.42. The van der Waals surface area contributed by atoms with Gasteiger partial charge in [-0.3, -0.25) is 15.0 Å². The molecule has 0 aliphatic heterocycles. The molecule has 0 saturated carbocycles. The van der Waals surface area contributed by atoms with Crippen molar-refractivity contribution in [2.24, 2.45) is 0 Å². The van der Waals surface area contributed by atoms with Gasteiger partial charge in [0.25, 0.3) is 0 Å².